The summed E-state index contributed by atoms with van der Waals surface area (Å²) in [6, 6.07) is 0. The van der Waals surface area contributed by atoms with Gasteiger partial charge in [0, 0.05) is 25.5 Å². The van der Waals surface area contributed by atoms with Gasteiger partial charge in [0.2, 0.25) is 0 Å². The third kappa shape index (κ3) is 4.87. The first-order valence-corrected chi connectivity index (χ1v) is 6.64. The fraction of sp³-hybridized carbons (Fsp3) is 0.692. The molecule has 3 N–H and O–H groups in total. The van der Waals surface area contributed by atoms with Crippen molar-refractivity contribution in [3.63, 3.8) is 0 Å². The van der Waals surface area contributed by atoms with Gasteiger partial charge in [0.25, 0.3) is 5.56 Å². The lowest BCUT2D eigenvalue weighted by Crippen LogP contribution is -2.26. The van der Waals surface area contributed by atoms with Crippen LogP contribution in [0.15, 0.2) is 17.2 Å². The molecule has 0 saturated carbocycles. The van der Waals surface area contributed by atoms with Gasteiger partial charge in [0.05, 0.1) is 0 Å². The quantitative estimate of drug-likeness (QED) is 0.687. The average molecular weight is 252 g/mol. The number of anilines is 1. The van der Waals surface area contributed by atoms with Crippen molar-refractivity contribution >= 4 is 5.82 Å². The normalized spacial score (nSPS) is 10.9. The Morgan fingerprint density at radius 1 is 1.39 bits per heavy atom. The summed E-state index contributed by atoms with van der Waals surface area (Å²) in [5, 5.41) is 3.10. The summed E-state index contributed by atoms with van der Waals surface area (Å²) in [4.78, 5) is 16.1. The molecule has 0 saturated heterocycles. The molecule has 0 radical (unpaired) electrons. The Morgan fingerprint density at radius 3 is 2.83 bits per heavy atom. The van der Waals surface area contributed by atoms with Crippen LogP contribution in [0.25, 0.3) is 0 Å². The number of nitrogens with one attached hydrogen (secondary N) is 1. The number of nitrogens with zero attached hydrogens (tertiary/aromatic N) is 2. The zero-order chi connectivity index (χ0) is 13.4. The number of rotatable bonds is 8. The molecule has 102 valence electrons. The summed E-state index contributed by atoms with van der Waals surface area (Å²) in [5.74, 6) is 0.897. The van der Waals surface area contributed by atoms with Crippen molar-refractivity contribution in [3.8, 4) is 0 Å². The largest absolute Gasteiger partial charge is 0.365 e. The van der Waals surface area contributed by atoms with Gasteiger partial charge in [0.1, 0.15) is 0 Å². The van der Waals surface area contributed by atoms with E-state index in [4.69, 9.17) is 5.73 Å². The number of nitrogens with two attached hydrogens (primary N) is 1. The van der Waals surface area contributed by atoms with Gasteiger partial charge in [-0.25, -0.2) is 4.98 Å². The van der Waals surface area contributed by atoms with Crippen LogP contribution in [0.5, 0.6) is 0 Å². The van der Waals surface area contributed by atoms with Crippen LogP contribution in [0.4, 0.5) is 5.82 Å². The summed E-state index contributed by atoms with van der Waals surface area (Å²) >= 11 is 0. The maximum Gasteiger partial charge on any atom is 0.293 e. The van der Waals surface area contributed by atoms with Crippen LogP contribution in [0.3, 0.4) is 0 Å². The summed E-state index contributed by atoms with van der Waals surface area (Å²) in [5.41, 5.74) is 5.39. The smallest absolute Gasteiger partial charge is 0.293 e. The highest BCUT2D eigenvalue weighted by atomic mass is 16.1. The van der Waals surface area contributed by atoms with Crippen LogP contribution in [-0.4, -0.2) is 22.6 Å². The lowest BCUT2D eigenvalue weighted by molar-refractivity contribution is 0.509. The minimum Gasteiger partial charge on any atom is -0.365 e. The maximum absolute atomic E-state index is 12.0. The van der Waals surface area contributed by atoms with Gasteiger partial charge >= 0.3 is 0 Å². The second kappa shape index (κ2) is 7.87. The van der Waals surface area contributed by atoms with E-state index in [1.165, 1.54) is 0 Å². The summed E-state index contributed by atoms with van der Waals surface area (Å²) in [6.45, 7) is 6.40. The van der Waals surface area contributed by atoms with Crippen molar-refractivity contribution in [1.82, 2.24) is 9.55 Å². The molecule has 0 aliphatic rings. The van der Waals surface area contributed by atoms with Crippen molar-refractivity contribution < 1.29 is 0 Å². The molecule has 0 aliphatic heterocycles. The number of unbranched alkanes of at least 4 members (excludes halogenated alkanes) is 2. The molecule has 18 heavy (non-hydrogen) atoms. The molecule has 5 nitrogen and oxygen atoms in total. The van der Waals surface area contributed by atoms with Crippen LogP contribution < -0.4 is 16.6 Å². The molecule has 0 unspecified atom stereocenters. The zero-order valence-corrected chi connectivity index (χ0v) is 11.4. The minimum absolute atomic E-state index is 0.0370. The Bertz CT molecular complexity index is 400. The first-order valence-electron chi connectivity index (χ1n) is 6.64. The van der Waals surface area contributed by atoms with E-state index in [9.17, 15) is 4.79 Å². The Morgan fingerprint density at radius 2 is 2.17 bits per heavy atom. The van der Waals surface area contributed by atoms with Gasteiger partial charge in [-0.3, -0.25) is 4.79 Å². The third-order valence-corrected chi connectivity index (χ3v) is 2.65. The second-order valence-electron chi connectivity index (χ2n) is 4.90. The molecular formula is C13H24N4O. The summed E-state index contributed by atoms with van der Waals surface area (Å²) in [6.07, 6.45) is 6.53. The average Bonchev–Trinajstić information content (AvgIpc) is 2.33. The molecule has 5 heteroatoms. The highest BCUT2D eigenvalue weighted by Gasteiger charge is 2.05. The fourth-order valence-electron chi connectivity index (χ4n) is 1.76. The lowest BCUT2D eigenvalue weighted by Gasteiger charge is -2.10. The highest BCUT2D eigenvalue weighted by Crippen LogP contribution is 2.00. The molecule has 0 fully saturated rings. The van der Waals surface area contributed by atoms with E-state index in [1.807, 2.05) is 0 Å². The van der Waals surface area contributed by atoms with Gasteiger partial charge < -0.3 is 15.6 Å². The second-order valence-corrected chi connectivity index (χ2v) is 4.90. The standard InChI is InChI=1S/C13H24N4O/c1-11(2)10-17-9-8-16-12(13(17)18)15-7-5-3-4-6-14/h8-9,11H,3-7,10,14H2,1-2H3,(H,15,16). The van der Waals surface area contributed by atoms with Crippen molar-refractivity contribution in [2.75, 3.05) is 18.4 Å². The van der Waals surface area contributed by atoms with Crippen molar-refractivity contribution in [2.45, 2.75) is 39.7 Å². The van der Waals surface area contributed by atoms with E-state index >= 15 is 0 Å². The first-order chi connectivity index (χ1) is 8.65. The molecule has 0 spiro atoms. The molecule has 0 bridgehead atoms. The summed E-state index contributed by atoms with van der Waals surface area (Å²) < 4.78 is 1.71. The number of hydrogen-bond donors (Lipinski definition) is 2. The molecule has 0 aliphatic carbocycles. The molecule has 1 aromatic heterocycles. The van der Waals surface area contributed by atoms with E-state index in [0.717, 1.165) is 38.9 Å². The first kappa shape index (κ1) is 14.7. The molecule has 0 atom stereocenters. The van der Waals surface area contributed by atoms with E-state index in [-0.39, 0.29) is 5.56 Å². The highest BCUT2D eigenvalue weighted by molar-refractivity contribution is 5.30. The van der Waals surface area contributed by atoms with Crippen molar-refractivity contribution in [1.29, 1.82) is 0 Å². The van der Waals surface area contributed by atoms with Gasteiger partial charge in [-0.15, -0.1) is 0 Å². The van der Waals surface area contributed by atoms with Crippen LogP contribution in [-0.2, 0) is 6.54 Å². The minimum atomic E-state index is -0.0370. The molecular weight excluding hydrogens is 228 g/mol. The maximum atomic E-state index is 12.0. The van der Waals surface area contributed by atoms with Gasteiger partial charge in [-0.05, 0) is 25.3 Å². The molecule has 1 rings (SSSR count). The van der Waals surface area contributed by atoms with Crippen LogP contribution in [0.2, 0.25) is 0 Å². The molecule has 0 aromatic carbocycles. The van der Waals surface area contributed by atoms with E-state index < -0.39 is 0 Å². The third-order valence-electron chi connectivity index (χ3n) is 2.65. The van der Waals surface area contributed by atoms with Crippen LogP contribution >= 0.6 is 0 Å². The van der Waals surface area contributed by atoms with Crippen LogP contribution in [0.1, 0.15) is 33.1 Å². The topological polar surface area (TPSA) is 72.9 Å². The molecule has 0 amide bonds. The zero-order valence-electron chi connectivity index (χ0n) is 11.4. The summed E-state index contributed by atoms with van der Waals surface area (Å²) in [7, 11) is 0. The van der Waals surface area contributed by atoms with E-state index in [2.05, 4.69) is 24.1 Å². The number of hydrogen-bond acceptors (Lipinski definition) is 4. The molecule has 1 heterocycles. The Labute approximate surface area is 108 Å². The fourth-order valence-corrected chi connectivity index (χ4v) is 1.76. The number of aromatic nitrogens is 2. The SMILES string of the molecule is CC(C)Cn1ccnc(NCCCCCN)c1=O. The Balaban J connectivity index is 2.53. The Hall–Kier alpha value is -1.36. The van der Waals surface area contributed by atoms with Gasteiger partial charge in [-0.1, -0.05) is 20.3 Å². The Kier molecular flexibility index (Phi) is 6.43. The lowest BCUT2D eigenvalue weighted by atomic mass is 10.2. The van der Waals surface area contributed by atoms with Crippen LogP contribution in [0, 0.1) is 5.92 Å². The van der Waals surface area contributed by atoms with E-state index in [1.54, 1.807) is 17.0 Å². The molecule has 1 aromatic rings. The van der Waals surface area contributed by atoms with Crippen molar-refractivity contribution in [2.24, 2.45) is 11.7 Å². The predicted molar refractivity (Wildman–Crippen MR) is 74.7 cm³/mol. The predicted octanol–water partition coefficient (Wildman–Crippen LogP) is 1.44. The van der Waals surface area contributed by atoms with E-state index in [0.29, 0.717) is 11.7 Å². The van der Waals surface area contributed by atoms with Crippen molar-refractivity contribution in [3.05, 3.63) is 22.7 Å². The van der Waals surface area contributed by atoms with Gasteiger partial charge in [0.15, 0.2) is 5.82 Å². The monoisotopic (exact) mass is 252 g/mol. The van der Waals surface area contributed by atoms with Gasteiger partial charge in [-0.2, -0.15) is 0 Å².